The van der Waals surface area contributed by atoms with Crippen molar-refractivity contribution < 1.29 is 0 Å². The van der Waals surface area contributed by atoms with Gasteiger partial charge in [0.25, 0.3) is 0 Å². The molecule has 0 bridgehead atoms. The SMILES string of the molecule is N#Cc1cnc2c(Br)c(-c3ccc(Cl)cc3)nn2c1-c1cccs1. The van der Waals surface area contributed by atoms with Crippen LogP contribution in [0.25, 0.3) is 27.5 Å². The molecule has 0 saturated heterocycles. The van der Waals surface area contributed by atoms with Crippen molar-refractivity contribution >= 4 is 44.5 Å². The number of nitriles is 1. The van der Waals surface area contributed by atoms with Gasteiger partial charge in [-0.25, -0.2) is 9.50 Å². The molecule has 0 aliphatic heterocycles. The van der Waals surface area contributed by atoms with Crippen LogP contribution < -0.4 is 0 Å². The smallest absolute Gasteiger partial charge is 0.170 e. The Labute approximate surface area is 155 Å². The zero-order valence-electron chi connectivity index (χ0n) is 12.1. The van der Waals surface area contributed by atoms with E-state index in [9.17, 15) is 5.26 Å². The average Bonchev–Trinajstić information content (AvgIpc) is 3.23. The van der Waals surface area contributed by atoms with Gasteiger partial charge in [0.15, 0.2) is 5.65 Å². The summed E-state index contributed by atoms with van der Waals surface area (Å²) in [5.74, 6) is 0. The van der Waals surface area contributed by atoms with E-state index in [1.54, 1.807) is 22.0 Å². The molecule has 24 heavy (non-hydrogen) atoms. The Morgan fingerprint density at radius 3 is 2.67 bits per heavy atom. The number of rotatable bonds is 2. The number of hydrogen-bond donors (Lipinski definition) is 0. The molecule has 3 heterocycles. The Bertz CT molecular complexity index is 1080. The molecule has 0 radical (unpaired) electrons. The van der Waals surface area contributed by atoms with E-state index in [1.807, 2.05) is 41.8 Å². The predicted octanol–water partition coefficient (Wildman–Crippen LogP) is 5.41. The lowest BCUT2D eigenvalue weighted by Crippen LogP contribution is -1.98. The quantitative estimate of drug-likeness (QED) is 0.440. The number of halogens is 2. The normalized spacial score (nSPS) is 10.9. The third-order valence-electron chi connectivity index (χ3n) is 3.58. The zero-order valence-corrected chi connectivity index (χ0v) is 15.2. The molecule has 4 aromatic rings. The molecule has 1 aromatic carbocycles. The zero-order chi connectivity index (χ0) is 16.7. The topological polar surface area (TPSA) is 54.0 Å². The number of aromatic nitrogens is 3. The van der Waals surface area contributed by atoms with E-state index < -0.39 is 0 Å². The summed E-state index contributed by atoms with van der Waals surface area (Å²) in [5, 5.41) is 16.8. The lowest BCUT2D eigenvalue weighted by Gasteiger charge is -2.04. The van der Waals surface area contributed by atoms with Gasteiger partial charge in [0.1, 0.15) is 17.5 Å². The summed E-state index contributed by atoms with van der Waals surface area (Å²) in [6, 6.07) is 13.6. The highest BCUT2D eigenvalue weighted by molar-refractivity contribution is 9.10. The maximum absolute atomic E-state index is 9.45. The van der Waals surface area contributed by atoms with Crippen LogP contribution >= 0.6 is 38.9 Å². The molecular formula is C17H8BrClN4S. The second-order valence-electron chi connectivity index (χ2n) is 5.01. The van der Waals surface area contributed by atoms with Crippen LogP contribution in [0.1, 0.15) is 5.56 Å². The first-order valence-electron chi connectivity index (χ1n) is 6.96. The largest absolute Gasteiger partial charge is 0.235 e. The molecule has 0 atom stereocenters. The van der Waals surface area contributed by atoms with Gasteiger partial charge in [-0.15, -0.1) is 11.3 Å². The van der Waals surface area contributed by atoms with E-state index in [0.29, 0.717) is 16.2 Å². The fourth-order valence-corrected chi connectivity index (χ4v) is 3.96. The Hall–Kier alpha value is -2.20. The summed E-state index contributed by atoms with van der Waals surface area (Å²) in [6.07, 6.45) is 1.59. The van der Waals surface area contributed by atoms with Crippen molar-refractivity contribution in [2.75, 3.05) is 0 Å². The molecule has 4 rings (SSSR count). The van der Waals surface area contributed by atoms with Crippen molar-refractivity contribution in [3.8, 4) is 27.9 Å². The molecule has 0 N–H and O–H groups in total. The minimum Gasteiger partial charge on any atom is -0.235 e. The highest BCUT2D eigenvalue weighted by atomic mass is 79.9. The Morgan fingerprint density at radius 1 is 1.21 bits per heavy atom. The molecular weight excluding hydrogens is 408 g/mol. The average molecular weight is 416 g/mol. The Balaban J connectivity index is 2.04. The van der Waals surface area contributed by atoms with Gasteiger partial charge in [0, 0.05) is 16.8 Å². The van der Waals surface area contributed by atoms with E-state index in [1.165, 1.54) is 0 Å². The van der Waals surface area contributed by atoms with E-state index in [-0.39, 0.29) is 0 Å². The number of fused-ring (bicyclic) bond motifs is 1. The second kappa shape index (κ2) is 6.02. The van der Waals surface area contributed by atoms with Crippen LogP contribution in [-0.2, 0) is 0 Å². The third kappa shape index (κ3) is 2.42. The minimum absolute atomic E-state index is 0.489. The summed E-state index contributed by atoms with van der Waals surface area (Å²) < 4.78 is 2.51. The van der Waals surface area contributed by atoms with E-state index >= 15 is 0 Å². The molecule has 0 amide bonds. The van der Waals surface area contributed by atoms with Crippen LogP contribution in [0.2, 0.25) is 5.02 Å². The number of hydrogen-bond acceptors (Lipinski definition) is 4. The summed E-state index contributed by atoms with van der Waals surface area (Å²) >= 11 is 11.1. The molecule has 0 spiro atoms. The molecule has 4 nitrogen and oxygen atoms in total. The summed E-state index contributed by atoms with van der Waals surface area (Å²) in [4.78, 5) is 5.36. The van der Waals surface area contributed by atoms with Gasteiger partial charge >= 0.3 is 0 Å². The maximum Gasteiger partial charge on any atom is 0.170 e. The van der Waals surface area contributed by atoms with Gasteiger partial charge in [-0.05, 0) is 39.5 Å². The predicted molar refractivity (Wildman–Crippen MR) is 99.2 cm³/mol. The maximum atomic E-state index is 9.45. The van der Waals surface area contributed by atoms with Crippen molar-refractivity contribution in [3.05, 3.63) is 63.0 Å². The number of nitrogens with zero attached hydrogens (tertiary/aromatic N) is 4. The van der Waals surface area contributed by atoms with Gasteiger partial charge < -0.3 is 0 Å². The molecule has 7 heteroatoms. The molecule has 0 unspecified atom stereocenters. The Kier molecular flexibility index (Phi) is 3.85. The van der Waals surface area contributed by atoms with Crippen LogP contribution in [0.3, 0.4) is 0 Å². The molecule has 116 valence electrons. The van der Waals surface area contributed by atoms with Crippen LogP contribution in [-0.4, -0.2) is 14.6 Å². The summed E-state index contributed by atoms with van der Waals surface area (Å²) in [7, 11) is 0. The monoisotopic (exact) mass is 414 g/mol. The first kappa shape index (κ1) is 15.3. The van der Waals surface area contributed by atoms with Crippen LogP contribution in [0.5, 0.6) is 0 Å². The van der Waals surface area contributed by atoms with Crippen LogP contribution in [0.4, 0.5) is 0 Å². The molecule has 3 aromatic heterocycles. The second-order valence-corrected chi connectivity index (χ2v) is 7.19. The summed E-state index contributed by atoms with van der Waals surface area (Å²) in [5.41, 5.74) is 3.59. The van der Waals surface area contributed by atoms with Crippen LogP contribution in [0, 0.1) is 11.3 Å². The van der Waals surface area contributed by atoms with Crippen molar-refractivity contribution in [3.63, 3.8) is 0 Å². The highest BCUT2D eigenvalue weighted by Gasteiger charge is 2.19. The molecule has 0 aliphatic carbocycles. The van der Waals surface area contributed by atoms with Gasteiger partial charge in [0.2, 0.25) is 0 Å². The molecule has 0 fully saturated rings. The Morgan fingerprint density at radius 2 is 2.00 bits per heavy atom. The lowest BCUT2D eigenvalue weighted by atomic mass is 10.1. The van der Waals surface area contributed by atoms with Gasteiger partial charge in [-0.3, -0.25) is 0 Å². The molecule has 0 saturated carbocycles. The van der Waals surface area contributed by atoms with Crippen molar-refractivity contribution in [1.82, 2.24) is 14.6 Å². The van der Waals surface area contributed by atoms with Gasteiger partial charge in [-0.1, -0.05) is 29.8 Å². The third-order valence-corrected chi connectivity index (χ3v) is 5.44. The number of benzene rings is 1. The van der Waals surface area contributed by atoms with Gasteiger partial charge in [-0.2, -0.15) is 10.4 Å². The lowest BCUT2D eigenvalue weighted by molar-refractivity contribution is 0.950. The van der Waals surface area contributed by atoms with Crippen molar-refractivity contribution in [2.45, 2.75) is 0 Å². The fourth-order valence-electron chi connectivity index (χ4n) is 2.48. The number of thiophene rings is 1. The van der Waals surface area contributed by atoms with Crippen LogP contribution in [0.15, 0.2) is 52.4 Å². The van der Waals surface area contributed by atoms with Crippen molar-refractivity contribution in [1.29, 1.82) is 5.26 Å². The highest BCUT2D eigenvalue weighted by Crippen LogP contribution is 2.35. The minimum atomic E-state index is 0.489. The van der Waals surface area contributed by atoms with E-state index in [4.69, 9.17) is 16.7 Å². The standard InChI is InChI=1S/C17H8BrClN4S/c18-14-15(10-3-5-12(19)6-4-10)22-23-16(13-2-1-7-24-13)11(8-20)9-21-17(14)23/h1-7,9H. The first-order chi connectivity index (χ1) is 11.7. The van der Waals surface area contributed by atoms with E-state index in [2.05, 4.69) is 27.0 Å². The van der Waals surface area contributed by atoms with Gasteiger partial charge in [0.05, 0.1) is 14.9 Å². The first-order valence-corrected chi connectivity index (χ1v) is 9.01. The summed E-state index contributed by atoms with van der Waals surface area (Å²) in [6.45, 7) is 0. The van der Waals surface area contributed by atoms with Crippen molar-refractivity contribution in [2.24, 2.45) is 0 Å². The van der Waals surface area contributed by atoms with E-state index in [0.717, 1.165) is 26.3 Å². The fraction of sp³-hybridized carbons (Fsp3) is 0. The molecule has 0 aliphatic rings.